The zero-order valence-corrected chi connectivity index (χ0v) is 19.1. The lowest BCUT2D eigenvalue weighted by molar-refractivity contribution is -0.150. The first-order valence-corrected chi connectivity index (χ1v) is 9.74. The molecular weight excluding hydrogens is 418 g/mol. The summed E-state index contributed by atoms with van der Waals surface area (Å²) in [5.41, 5.74) is -0.616. The third-order valence-corrected chi connectivity index (χ3v) is 4.38. The number of methoxy groups -OCH3 is 2. The molecule has 2 fully saturated rings. The Morgan fingerprint density at radius 1 is 1.03 bits per heavy atom. The Bertz CT molecular complexity index is 589. The highest BCUT2D eigenvalue weighted by molar-refractivity contribution is 5.87. The molecule has 11 heteroatoms. The zero-order valence-electron chi connectivity index (χ0n) is 18.3. The van der Waals surface area contributed by atoms with Crippen LogP contribution < -0.4 is 10.6 Å². The molecule has 0 saturated carbocycles. The summed E-state index contributed by atoms with van der Waals surface area (Å²) in [5.74, 6) is -0.871. The topological polar surface area (TPSA) is 123 Å². The maximum absolute atomic E-state index is 12.0. The molecule has 0 aromatic rings. The summed E-state index contributed by atoms with van der Waals surface area (Å²) in [4.78, 5) is 47.1. The van der Waals surface area contributed by atoms with Crippen LogP contribution in [-0.2, 0) is 28.6 Å². The van der Waals surface area contributed by atoms with Crippen LogP contribution in [-0.4, -0.2) is 80.4 Å². The minimum Gasteiger partial charge on any atom is -0.468 e. The van der Waals surface area contributed by atoms with Crippen molar-refractivity contribution in [3.8, 4) is 0 Å². The van der Waals surface area contributed by atoms with E-state index in [0.717, 1.165) is 25.8 Å². The second kappa shape index (κ2) is 13.3. The van der Waals surface area contributed by atoms with E-state index in [1.54, 1.807) is 20.8 Å². The van der Waals surface area contributed by atoms with Crippen molar-refractivity contribution < 1.29 is 33.4 Å². The monoisotopic (exact) mass is 451 g/mol. The minimum atomic E-state index is -0.653. The number of carbonyl (C=O) groups is 4. The number of halogens is 1. The van der Waals surface area contributed by atoms with Gasteiger partial charge in [0.05, 0.1) is 14.2 Å². The van der Waals surface area contributed by atoms with Crippen molar-refractivity contribution in [2.75, 3.05) is 33.9 Å². The first kappa shape index (κ1) is 27.9. The van der Waals surface area contributed by atoms with Crippen LogP contribution in [0, 0.1) is 0 Å². The molecule has 0 unspecified atom stereocenters. The Balaban J connectivity index is 0.000000704. The number of alkyl carbamates (subject to hydrolysis) is 1. The van der Waals surface area contributed by atoms with Gasteiger partial charge in [0.2, 0.25) is 5.91 Å². The first-order valence-electron chi connectivity index (χ1n) is 9.74. The molecule has 2 amide bonds. The lowest BCUT2D eigenvalue weighted by Gasteiger charge is -2.23. The normalized spacial score (nSPS) is 20.2. The average Bonchev–Trinajstić information content (AvgIpc) is 3.35. The standard InChI is InChI=1S/C13H22N2O5.C6H11NO2.ClH/c1-13(2,3)20-12(18)14-8-10(16)15-7-5-6-9(15)11(17)19-4;1-9-6(8)5-3-2-4-7-5;/h9H,5-8H2,1-4H3,(H,14,18);5,7H,2-4H2,1H3;1H/t9-;5-;/m00./s1. The molecule has 0 aromatic carbocycles. The molecule has 2 aliphatic heterocycles. The van der Waals surface area contributed by atoms with Gasteiger partial charge in [-0.2, -0.15) is 0 Å². The second-order valence-electron chi connectivity index (χ2n) is 7.80. The lowest BCUT2D eigenvalue weighted by atomic mass is 10.2. The number of nitrogens with zero attached hydrogens (tertiary/aromatic N) is 1. The highest BCUT2D eigenvalue weighted by Gasteiger charge is 2.34. The fourth-order valence-corrected chi connectivity index (χ4v) is 3.04. The molecular formula is C19H34ClN3O7. The van der Waals surface area contributed by atoms with Gasteiger partial charge >= 0.3 is 18.0 Å². The number of ether oxygens (including phenoxy) is 3. The van der Waals surface area contributed by atoms with E-state index in [-0.39, 0.29) is 36.9 Å². The predicted octanol–water partition coefficient (Wildman–Crippen LogP) is 1.01. The van der Waals surface area contributed by atoms with Crippen LogP contribution in [0.1, 0.15) is 46.5 Å². The van der Waals surface area contributed by atoms with Crippen molar-refractivity contribution in [3.05, 3.63) is 0 Å². The van der Waals surface area contributed by atoms with Crippen molar-refractivity contribution >= 4 is 36.3 Å². The number of nitrogens with one attached hydrogen (secondary N) is 2. The van der Waals surface area contributed by atoms with E-state index in [2.05, 4.69) is 20.1 Å². The molecule has 2 aliphatic rings. The molecule has 174 valence electrons. The van der Waals surface area contributed by atoms with Crippen LogP contribution in [0.15, 0.2) is 0 Å². The SMILES string of the molecule is COC(=O)[C@@H]1CCCN1.COC(=O)[C@@H]1CCCN1C(=O)CNC(=O)OC(C)(C)C.Cl. The van der Waals surface area contributed by atoms with E-state index in [1.165, 1.54) is 19.1 Å². The lowest BCUT2D eigenvalue weighted by Crippen LogP contribution is -2.46. The van der Waals surface area contributed by atoms with E-state index in [0.29, 0.717) is 13.0 Å². The number of hydrogen-bond acceptors (Lipinski definition) is 8. The van der Waals surface area contributed by atoms with Gasteiger partial charge in [0.1, 0.15) is 24.2 Å². The fourth-order valence-electron chi connectivity index (χ4n) is 3.04. The molecule has 2 rings (SSSR count). The number of carbonyl (C=O) groups excluding carboxylic acids is 4. The highest BCUT2D eigenvalue weighted by atomic mass is 35.5. The smallest absolute Gasteiger partial charge is 0.408 e. The molecule has 0 radical (unpaired) electrons. The second-order valence-corrected chi connectivity index (χ2v) is 7.80. The molecule has 2 atom stereocenters. The van der Waals surface area contributed by atoms with Crippen LogP contribution in [0.3, 0.4) is 0 Å². The molecule has 10 nitrogen and oxygen atoms in total. The number of hydrogen-bond donors (Lipinski definition) is 2. The summed E-state index contributed by atoms with van der Waals surface area (Å²) < 4.78 is 14.2. The van der Waals surface area contributed by atoms with Crippen molar-refractivity contribution in [3.63, 3.8) is 0 Å². The number of esters is 2. The van der Waals surface area contributed by atoms with Crippen LogP contribution in [0.5, 0.6) is 0 Å². The maximum Gasteiger partial charge on any atom is 0.408 e. The summed E-state index contributed by atoms with van der Waals surface area (Å²) in [7, 11) is 2.71. The Kier molecular flexibility index (Phi) is 12.4. The largest absolute Gasteiger partial charge is 0.468 e. The maximum atomic E-state index is 12.0. The Morgan fingerprint density at radius 3 is 2.17 bits per heavy atom. The number of rotatable bonds is 4. The molecule has 30 heavy (non-hydrogen) atoms. The van der Waals surface area contributed by atoms with E-state index >= 15 is 0 Å². The first-order chi connectivity index (χ1) is 13.6. The van der Waals surface area contributed by atoms with Gasteiger partial charge in [-0.1, -0.05) is 0 Å². The van der Waals surface area contributed by atoms with Crippen LogP contribution in [0.2, 0.25) is 0 Å². The van der Waals surface area contributed by atoms with Gasteiger partial charge in [-0.3, -0.25) is 9.59 Å². The third-order valence-electron chi connectivity index (χ3n) is 4.38. The molecule has 0 spiro atoms. The Labute approximate surface area is 183 Å². The summed E-state index contributed by atoms with van der Waals surface area (Å²) in [6.45, 7) is 6.46. The molecule has 0 bridgehead atoms. The van der Waals surface area contributed by atoms with E-state index in [1.807, 2.05) is 0 Å². The number of likely N-dealkylation sites (tertiary alicyclic amines) is 1. The van der Waals surface area contributed by atoms with Gasteiger partial charge in [0.25, 0.3) is 0 Å². The van der Waals surface area contributed by atoms with Crippen LogP contribution in [0.4, 0.5) is 4.79 Å². The molecule has 2 N–H and O–H groups in total. The average molecular weight is 452 g/mol. The third kappa shape index (κ3) is 9.62. The van der Waals surface area contributed by atoms with Gasteiger partial charge < -0.3 is 29.7 Å². The van der Waals surface area contributed by atoms with Gasteiger partial charge in [0, 0.05) is 6.54 Å². The quantitative estimate of drug-likeness (QED) is 0.479. The molecule has 2 saturated heterocycles. The van der Waals surface area contributed by atoms with Gasteiger partial charge in [0.15, 0.2) is 0 Å². The zero-order chi connectivity index (χ0) is 22.0. The van der Waals surface area contributed by atoms with E-state index in [4.69, 9.17) is 4.74 Å². The predicted molar refractivity (Wildman–Crippen MR) is 111 cm³/mol. The summed E-state index contributed by atoms with van der Waals surface area (Å²) >= 11 is 0. The van der Waals surface area contributed by atoms with Gasteiger partial charge in [-0.05, 0) is 53.0 Å². The summed E-state index contributed by atoms with van der Waals surface area (Å²) in [6, 6.07) is -0.581. The van der Waals surface area contributed by atoms with Crippen molar-refractivity contribution in [2.24, 2.45) is 0 Å². The summed E-state index contributed by atoms with van der Waals surface area (Å²) in [5, 5.41) is 5.42. The number of amides is 2. The molecule has 0 aromatic heterocycles. The van der Waals surface area contributed by atoms with Crippen molar-refractivity contribution in [1.82, 2.24) is 15.5 Å². The van der Waals surface area contributed by atoms with Crippen molar-refractivity contribution in [1.29, 1.82) is 0 Å². The highest BCUT2D eigenvalue weighted by Crippen LogP contribution is 2.18. The molecule has 0 aliphatic carbocycles. The minimum absolute atomic E-state index is 0. The van der Waals surface area contributed by atoms with Crippen molar-refractivity contribution in [2.45, 2.75) is 64.1 Å². The Morgan fingerprint density at radius 2 is 1.67 bits per heavy atom. The van der Waals surface area contributed by atoms with Crippen LogP contribution >= 0.6 is 12.4 Å². The van der Waals surface area contributed by atoms with E-state index in [9.17, 15) is 19.2 Å². The summed E-state index contributed by atoms with van der Waals surface area (Å²) in [6.07, 6.45) is 2.69. The van der Waals surface area contributed by atoms with Gasteiger partial charge in [-0.15, -0.1) is 12.4 Å². The van der Waals surface area contributed by atoms with Crippen LogP contribution in [0.25, 0.3) is 0 Å². The molecule has 2 heterocycles. The Hall–Kier alpha value is -2.07. The van der Waals surface area contributed by atoms with Gasteiger partial charge in [-0.25, -0.2) is 9.59 Å². The van der Waals surface area contributed by atoms with E-state index < -0.39 is 23.7 Å². The fraction of sp³-hybridized carbons (Fsp3) is 0.789.